The van der Waals surface area contributed by atoms with Crippen molar-refractivity contribution in [3.8, 4) is 11.5 Å². The van der Waals surface area contributed by atoms with Crippen molar-refractivity contribution >= 4 is 58.6 Å². The van der Waals surface area contributed by atoms with Crippen molar-refractivity contribution in [3.63, 3.8) is 0 Å². The van der Waals surface area contributed by atoms with Gasteiger partial charge in [0.25, 0.3) is 6.71 Å². The molecule has 4 heteroatoms. The Morgan fingerprint density at radius 2 is 1.07 bits per heavy atom. The standard InChI is InChI=1S/C41H44BNOSi/c1-26(2)29-24-30(27(3)4)40(31(25-29)28(5)6)42-32-16-9-12-20-36(32)44-37-21-15-19-35(41(37)42)43-33-17-10-13-22-38(33)45(7,8)39-23-14-11-18-34(39)43/h9-28H,1-8H3. The van der Waals surface area contributed by atoms with Crippen LogP contribution in [0.2, 0.25) is 13.1 Å². The lowest BCUT2D eigenvalue weighted by Gasteiger charge is -2.43. The van der Waals surface area contributed by atoms with Crippen molar-refractivity contribution in [2.24, 2.45) is 0 Å². The number of benzene rings is 5. The topological polar surface area (TPSA) is 12.5 Å². The summed E-state index contributed by atoms with van der Waals surface area (Å²) in [5, 5.41) is 2.95. The van der Waals surface area contributed by atoms with E-state index in [9.17, 15) is 0 Å². The van der Waals surface area contributed by atoms with E-state index in [-0.39, 0.29) is 6.71 Å². The zero-order valence-corrected chi connectivity index (χ0v) is 29.0. The molecule has 0 aromatic heterocycles. The molecule has 0 fully saturated rings. The van der Waals surface area contributed by atoms with E-state index in [4.69, 9.17) is 4.74 Å². The molecule has 5 aromatic rings. The summed E-state index contributed by atoms with van der Waals surface area (Å²) in [5.74, 6) is 3.13. The second-order valence-electron chi connectivity index (χ2n) is 14.3. The fraction of sp³-hybridized carbons (Fsp3) is 0.268. The predicted molar refractivity (Wildman–Crippen MR) is 198 cm³/mol. The minimum Gasteiger partial charge on any atom is -0.458 e. The molecular weight excluding hydrogens is 561 g/mol. The summed E-state index contributed by atoms with van der Waals surface area (Å²) in [6.07, 6.45) is 0. The number of nitrogens with zero attached hydrogens (tertiary/aromatic N) is 1. The summed E-state index contributed by atoms with van der Waals surface area (Å²) in [4.78, 5) is 2.54. The van der Waals surface area contributed by atoms with Crippen LogP contribution in [0.4, 0.5) is 17.1 Å². The first-order valence-corrected chi connectivity index (χ1v) is 19.7. The Morgan fingerprint density at radius 1 is 0.556 bits per heavy atom. The lowest BCUT2D eigenvalue weighted by Crippen LogP contribution is -2.61. The van der Waals surface area contributed by atoms with Crippen molar-refractivity contribution in [2.75, 3.05) is 4.90 Å². The number of rotatable bonds is 5. The number of fused-ring (bicyclic) bond motifs is 4. The van der Waals surface area contributed by atoms with Crippen LogP contribution in [0.5, 0.6) is 11.5 Å². The van der Waals surface area contributed by atoms with Gasteiger partial charge in [0.1, 0.15) is 19.6 Å². The molecule has 2 heterocycles. The maximum atomic E-state index is 6.82. The highest BCUT2D eigenvalue weighted by molar-refractivity contribution is 7.03. The molecule has 226 valence electrons. The summed E-state index contributed by atoms with van der Waals surface area (Å²) < 4.78 is 6.82. The van der Waals surface area contributed by atoms with E-state index in [0.29, 0.717) is 17.8 Å². The van der Waals surface area contributed by atoms with Crippen LogP contribution in [-0.4, -0.2) is 14.8 Å². The van der Waals surface area contributed by atoms with Crippen LogP contribution >= 0.6 is 0 Å². The van der Waals surface area contributed by atoms with Crippen molar-refractivity contribution in [3.05, 3.63) is 120 Å². The zero-order chi connectivity index (χ0) is 31.6. The number of para-hydroxylation sites is 3. The van der Waals surface area contributed by atoms with Gasteiger partial charge in [-0.1, -0.05) is 133 Å². The van der Waals surface area contributed by atoms with Crippen molar-refractivity contribution in [1.82, 2.24) is 0 Å². The lowest BCUT2D eigenvalue weighted by molar-refractivity contribution is 0.487. The van der Waals surface area contributed by atoms with E-state index in [1.54, 1.807) is 0 Å². The number of hydrogen-bond donors (Lipinski definition) is 0. The van der Waals surface area contributed by atoms with Gasteiger partial charge in [0.05, 0.1) is 0 Å². The maximum Gasteiger partial charge on any atom is 0.254 e. The molecule has 0 bridgehead atoms. The first-order valence-electron chi connectivity index (χ1n) is 16.7. The highest BCUT2D eigenvalue weighted by Crippen LogP contribution is 2.40. The minimum absolute atomic E-state index is 0.0312. The Balaban J connectivity index is 1.59. The van der Waals surface area contributed by atoms with Crippen LogP contribution in [0, 0.1) is 0 Å². The highest BCUT2D eigenvalue weighted by Gasteiger charge is 2.43. The van der Waals surface area contributed by atoms with Gasteiger partial charge in [-0.15, -0.1) is 0 Å². The fourth-order valence-electron chi connectivity index (χ4n) is 7.77. The van der Waals surface area contributed by atoms with Crippen LogP contribution in [0.3, 0.4) is 0 Å². The quantitative estimate of drug-likeness (QED) is 0.183. The predicted octanol–water partition coefficient (Wildman–Crippen LogP) is 8.28. The van der Waals surface area contributed by atoms with Gasteiger partial charge in [0.15, 0.2) is 0 Å². The molecule has 0 aliphatic carbocycles. The first-order chi connectivity index (χ1) is 21.6. The third-order valence-electron chi connectivity index (χ3n) is 10.1. The maximum absolute atomic E-state index is 6.82. The molecule has 0 spiro atoms. The Kier molecular flexibility index (Phi) is 7.32. The second kappa shape index (κ2) is 11.1. The van der Waals surface area contributed by atoms with Crippen LogP contribution in [0.1, 0.15) is 76.0 Å². The van der Waals surface area contributed by atoms with Crippen LogP contribution < -0.4 is 36.4 Å². The largest absolute Gasteiger partial charge is 0.458 e. The third kappa shape index (κ3) is 4.68. The fourth-order valence-corrected chi connectivity index (χ4v) is 10.8. The van der Waals surface area contributed by atoms with Crippen molar-refractivity contribution < 1.29 is 4.74 Å². The average molecular weight is 606 g/mol. The third-order valence-corrected chi connectivity index (χ3v) is 13.7. The molecular formula is C41H44BNOSi. The zero-order valence-electron chi connectivity index (χ0n) is 28.0. The van der Waals surface area contributed by atoms with E-state index >= 15 is 0 Å². The number of hydrogen-bond acceptors (Lipinski definition) is 2. The first kappa shape index (κ1) is 29.7. The molecule has 45 heavy (non-hydrogen) atoms. The van der Waals surface area contributed by atoms with E-state index in [0.717, 1.165) is 11.5 Å². The Morgan fingerprint density at radius 3 is 1.64 bits per heavy atom. The van der Waals surface area contributed by atoms with Gasteiger partial charge >= 0.3 is 0 Å². The molecule has 2 aliphatic heterocycles. The number of anilines is 3. The summed E-state index contributed by atoms with van der Waals surface area (Å²) in [7, 11) is -1.92. The normalized spacial score (nSPS) is 14.6. The smallest absolute Gasteiger partial charge is 0.254 e. The molecule has 0 unspecified atom stereocenters. The lowest BCUT2D eigenvalue weighted by atomic mass is 9.33. The monoisotopic (exact) mass is 605 g/mol. The molecule has 5 aromatic carbocycles. The van der Waals surface area contributed by atoms with Gasteiger partial charge in [-0.2, -0.15) is 0 Å². The summed E-state index contributed by atoms with van der Waals surface area (Å²) in [6, 6.07) is 38.6. The summed E-state index contributed by atoms with van der Waals surface area (Å²) >= 11 is 0. The Hall–Kier alpha value is -4.02. The van der Waals surface area contributed by atoms with Crippen molar-refractivity contribution in [2.45, 2.75) is 72.4 Å². The molecule has 0 saturated carbocycles. The molecule has 0 amide bonds. The SMILES string of the molecule is CC(C)c1cc(C(C)C)c(B2c3ccccc3Oc3cccc(N4c5ccccc5[Si](C)(C)c5ccccc54)c32)c(C(C)C)c1. The Bertz CT molecular complexity index is 1840. The molecule has 2 aliphatic rings. The molecule has 0 radical (unpaired) electrons. The van der Waals surface area contributed by atoms with Gasteiger partial charge in [-0.05, 0) is 86.1 Å². The van der Waals surface area contributed by atoms with Gasteiger partial charge in [-0.25, -0.2) is 0 Å². The van der Waals surface area contributed by atoms with E-state index in [1.165, 1.54) is 60.5 Å². The minimum atomic E-state index is -1.92. The molecule has 0 atom stereocenters. The molecule has 0 N–H and O–H groups in total. The van der Waals surface area contributed by atoms with Crippen LogP contribution in [-0.2, 0) is 0 Å². The van der Waals surface area contributed by atoms with E-state index in [2.05, 4.69) is 163 Å². The molecule has 2 nitrogen and oxygen atoms in total. The second-order valence-corrected chi connectivity index (χ2v) is 18.7. The van der Waals surface area contributed by atoms with Crippen LogP contribution in [0.25, 0.3) is 0 Å². The summed E-state index contributed by atoms with van der Waals surface area (Å²) in [5.41, 5.74) is 12.0. The van der Waals surface area contributed by atoms with Crippen molar-refractivity contribution in [1.29, 1.82) is 0 Å². The number of ether oxygens (including phenoxy) is 1. The van der Waals surface area contributed by atoms with E-state index < -0.39 is 8.07 Å². The van der Waals surface area contributed by atoms with Gasteiger partial charge in [0, 0.05) is 17.1 Å². The van der Waals surface area contributed by atoms with Gasteiger partial charge in [0.2, 0.25) is 0 Å². The summed E-state index contributed by atoms with van der Waals surface area (Å²) in [6.45, 7) is 19.1. The average Bonchev–Trinajstić information content (AvgIpc) is 3.03. The highest BCUT2D eigenvalue weighted by atomic mass is 28.3. The molecule has 7 rings (SSSR count). The van der Waals surface area contributed by atoms with Gasteiger partial charge < -0.3 is 9.64 Å². The van der Waals surface area contributed by atoms with E-state index in [1.807, 2.05) is 0 Å². The Labute approximate surface area is 271 Å². The van der Waals surface area contributed by atoms with Crippen LogP contribution in [0.15, 0.2) is 103 Å². The molecule has 0 saturated heterocycles. The van der Waals surface area contributed by atoms with Gasteiger partial charge in [-0.3, -0.25) is 0 Å².